The molecule has 198 valence electrons. The highest BCUT2D eigenvalue weighted by molar-refractivity contribution is 5.37. The van der Waals surface area contributed by atoms with E-state index in [0.29, 0.717) is 28.9 Å². The van der Waals surface area contributed by atoms with Crippen molar-refractivity contribution >= 4 is 17.1 Å². The van der Waals surface area contributed by atoms with Gasteiger partial charge in [-0.1, -0.05) is 30.3 Å². The van der Waals surface area contributed by atoms with Gasteiger partial charge in [-0.3, -0.25) is 34.6 Å². The zero-order valence-electron chi connectivity index (χ0n) is 20.8. The van der Waals surface area contributed by atoms with Crippen LogP contribution >= 0.6 is 0 Å². The minimum atomic E-state index is -0.553. The highest BCUT2D eigenvalue weighted by Gasteiger charge is 2.06. The molecule has 0 saturated heterocycles. The second-order valence-corrected chi connectivity index (χ2v) is 8.13. The molecule has 13 nitrogen and oxygen atoms in total. The summed E-state index contributed by atoms with van der Waals surface area (Å²) in [6.45, 7) is 5.38. The lowest BCUT2D eigenvalue weighted by atomic mass is 10.2. The molecule has 3 heterocycles. The molecule has 0 atom stereocenters. The van der Waals surface area contributed by atoms with Gasteiger partial charge in [0.15, 0.2) is 0 Å². The molecule has 4 N–H and O–H groups in total. The fourth-order valence-corrected chi connectivity index (χ4v) is 3.09. The number of anilines is 1. The van der Waals surface area contributed by atoms with Gasteiger partial charge < -0.3 is 20.3 Å². The Balaban J connectivity index is 0.000000206. The largest absolute Gasteiger partial charge is 0.398 e. The molecule has 13 heteroatoms. The van der Waals surface area contributed by atoms with Crippen LogP contribution in [0, 0.1) is 41.0 Å². The smallest absolute Gasteiger partial charge is 0.285 e. The maximum absolute atomic E-state index is 11.8. The molecule has 4 aromatic rings. The molecular weight excluding hydrogens is 496 g/mol. The van der Waals surface area contributed by atoms with E-state index in [9.17, 15) is 34.6 Å². The first-order chi connectivity index (χ1) is 17.9. The van der Waals surface area contributed by atoms with Crippen molar-refractivity contribution < 1.29 is 9.85 Å². The molecule has 0 radical (unpaired) electrons. The Morgan fingerprint density at radius 3 is 1.68 bits per heavy atom. The lowest BCUT2D eigenvalue weighted by Crippen LogP contribution is -2.22. The normalized spacial score (nSPS) is 9.87. The van der Waals surface area contributed by atoms with E-state index in [1.807, 2.05) is 30.3 Å². The summed E-state index contributed by atoms with van der Waals surface area (Å²) in [6, 6.07) is 14.0. The van der Waals surface area contributed by atoms with E-state index < -0.39 is 9.85 Å². The van der Waals surface area contributed by atoms with Gasteiger partial charge in [-0.25, -0.2) is 0 Å². The van der Waals surface area contributed by atoms with Crippen LogP contribution < -0.4 is 22.4 Å². The Bertz CT molecular complexity index is 1540. The van der Waals surface area contributed by atoms with Crippen LogP contribution in [0.5, 0.6) is 0 Å². The number of rotatable bonds is 4. The highest BCUT2D eigenvalue weighted by atomic mass is 16.6. The molecule has 0 aliphatic carbocycles. The van der Waals surface area contributed by atoms with Crippen molar-refractivity contribution in [3.8, 4) is 0 Å². The van der Waals surface area contributed by atoms with Crippen LogP contribution in [0.1, 0.15) is 22.3 Å². The van der Waals surface area contributed by atoms with Crippen LogP contribution in [0.15, 0.2) is 81.5 Å². The van der Waals surface area contributed by atoms with E-state index in [2.05, 4.69) is 9.97 Å². The second kappa shape index (κ2) is 13.1. The van der Waals surface area contributed by atoms with E-state index in [0.717, 1.165) is 18.0 Å². The Kier molecular flexibility index (Phi) is 9.97. The summed E-state index contributed by atoms with van der Waals surface area (Å²) in [5.74, 6) is 0. The van der Waals surface area contributed by atoms with Gasteiger partial charge in [0.1, 0.15) is 0 Å². The molecule has 38 heavy (non-hydrogen) atoms. The number of nitrogen functional groups attached to an aromatic ring is 1. The van der Waals surface area contributed by atoms with Crippen LogP contribution in [0.2, 0.25) is 0 Å². The van der Waals surface area contributed by atoms with Crippen molar-refractivity contribution in [2.24, 2.45) is 0 Å². The first kappa shape index (κ1) is 28.9. The number of aromatic amines is 2. The van der Waals surface area contributed by atoms with E-state index in [-0.39, 0.29) is 28.1 Å². The van der Waals surface area contributed by atoms with Crippen molar-refractivity contribution in [2.45, 2.75) is 27.3 Å². The number of hydrogen-bond donors (Lipinski definition) is 3. The maximum atomic E-state index is 11.8. The number of nitrogens with two attached hydrogens (primary N) is 1. The van der Waals surface area contributed by atoms with Crippen molar-refractivity contribution in [1.29, 1.82) is 0 Å². The van der Waals surface area contributed by atoms with Crippen LogP contribution in [0.4, 0.5) is 17.1 Å². The first-order valence-corrected chi connectivity index (χ1v) is 11.1. The van der Waals surface area contributed by atoms with Crippen molar-refractivity contribution in [3.63, 3.8) is 0 Å². The van der Waals surface area contributed by atoms with Gasteiger partial charge in [-0.2, -0.15) is 0 Å². The van der Waals surface area contributed by atoms with E-state index in [1.165, 1.54) is 26.0 Å². The number of hydrogen-bond acceptors (Lipinski definition) is 8. The lowest BCUT2D eigenvalue weighted by molar-refractivity contribution is -0.385. The number of aryl methyl sites for hydroxylation is 3. The zero-order chi connectivity index (χ0) is 28.4. The monoisotopic (exact) mass is 522 g/mol. The standard InChI is InChI=1S/C13H14N2O.2C6H6N2O3/c1-10-7-12(14)9-15(13(10)16)8-11-5-3-2-4-6-11;2*1-4-2-5(8(10)11)3-7-6(4)9/h2-7,9H,8,14H2,1H3;2*2-3H,1H3,(H,7,9). The predicted molar refractivity (Wildman–Crippen MR) is 142 cm³/mol. The third-order valence-corrected chi connectivity index (χ3v) is 5.05. The Labute approximate surface area is 215 Å². The number of benzene rings is 1. The minimum Gasteiger partial charge on any atom is -0.398 e. The van der Waals surface area contributed by atoms with E-state index in [1.54, 1.807) is 23.8 Å². The second-order valence-electron chi connectivity index (χ2n) is 8.13. The van der Waals surface area contributed by atoms with Gasteiger partial charge in [-0.15, -0.1) is 0 Å². The van der Waals surface area contributed by atoms with Crippen LogP contribution in [-0.4, -0.2) is 24.4 Å². The average Bonchev–Trinajstić information content (AvgIpc) is 2.87. The maximum Gasteiger partial charge on any atom is 0.285 e. The molecular formula is C25H26N6O7. The van der Waals surface area contributed by atoms with Crippen molar-refractivity contribution in [3.05, 3.63) is 141 Å². The van der Waals surface area contributed by atoms with Crippen LogP contribution in [0.3, 0.4) is 0 Å². The van der Waals surface area contributed by atoms with Gasteiger partial charge in [0.2, 0.25) is 0 Å². The summed E-state index contributed by atoms with van der Waals surface area (Å²) in [6.07, 6.45) is 3.84. The van der Waals surface area contributed by atoms with Gasteiger partial charge >= 0.3 is 0 Å². The molecule has 0 saturated carbocycles. The summed E-state index contributed by atoms with van der Waals surface area (Å²) in [5.41, 5.74) is 8.03. The Morgan fingerprint density at radius 1 is 0.789 bits per heavy atom. The predicted octanol–water partition coefficient (Wildman–Crippen LogP) is 2.97. The van der Waals surface area contributed by atoms with Gasteiger partial charge in [-0.05, 0) is 32.4 Å². The van der Waals surface area contributed by atoms with Crippen molar-refractivity contribution in [2.75, 3.05) is 5.73 Å². The summed E-state index contributed by atoms with van der Waals surface area (Å²) >= 11 is 0. The molecule has 0 aliphatic rings. The minimum absolute atomic E-state index is 0.0121. The SMILES string of the molecule is Cc1cc(N)cn(Cc2ccccc2)c1=O.Cc1cc([N+](=O)[O-])c[nH]c1=O.Cc1cc([N+](=O)[O-])c[nH]c1=O. The number of nitrogens with one attached hydrogen (secondary N) is 2. The van der Waals surface area contributed by atoms with Gasteiger partial charge in [0.25, 0.3) is 28.1 Å². The summed E-state index contributed by atoms with van der Waals surface area (Å²) < 4.78 is 1.64. The topological polar surface area (TPSA) is 200 Å². The third kappa shape index (κ3) is 8.41. The van der Waals surface area contributed by atoms with Gasteiger partial charge in [0.05, 0.1) is 28.8 Å². The number of aromatic nitrogens is 3. The molecule has 0 amide bonds. The quantitative estimate of drug-likeness (QED) is 0.268. The Morgan fingerprint density at radius 2 is 1.26 bits per heavy atom. The highest BCUT2D eigenvalue weighted by Crippen LogP contribution is 2.07. The first-order valence-electron chi connectivity index (χ1n) is 11.1. The molecule has 0 fully saturated rings. The molecule has 4 rings (SSSR count). The summed E-state index contributed by atoms with van der Waals surface area (Å²) in [7, 11) is 0. The van der Waals surface area contributed by atoms with Gasteiger partial charge in [0, 0.05) is 40.7 Å². The average molecular weight is 523 g/mol. The zero-order valence-corrected chi connectivity index (χ0v) is 20.8. The van der Waals surface area contributed by atoms with Crippen LogP contribution in [0.25, 0.3) is 0 Å². The van der Waals surface area contributed by atoms with Crippen molar-refractivity contribution in [1.82, 2.24) is 14.5 Å². The molecule has 0 spiro atoms. The fourth-order valence-electron chi connectivity index (χ4n) is 3.09. The number of nitrogens with zero attached hydrogens (tertiary/aromatic N) is 3. The van der Waals surface area contributed by atoms with E-state index in [4.69, 9.17) is 5.73 Å². The van der Waals surface area contributed by atoms with E-state index >= 15 is 0 Å². The number of pyridine rings is 3. The third-order valence-electron chi connectivity index (χ3n) is 5.05. The number of H-pyrrole nitrogens is 2. The summed E-state index contributed by atoms with van der Waals surface area (Å²) in [5, 5.41) is 20.3. The van der Waals surface area contributed by atoms with Crippen LogP contribution in [-0.2, 0) is 6.54 Å². The molecule has 3 aromatic heterocycles. The number of nitro groups is 2. The molecule has 0 unspecified atom stereocenters. The fraction of sp³-hybridized carbons (Fsp3) is 0.160. The lowest BCUT2D eigenvalue weighted by Gasteiger charge is -2.08. The Hall–Kier alpha value is -5.33. The molecule has 1 aromatic carbocycles. The molecule has 0 aliphatic heterocycles. The molecule has 0 bridgehead atoms. The summed E-state index contributed by atoms with van der Waals surface area (Å²) in [4.78, 5) is 57.0.